The second-order valence-electron chi connectivity index (χ2n) is 6.78. The molecule has 0 aliphatic carbocycles. The van der Waals surface area contributed by atoms with Crippen molar-refractivity contribution in [2.75, 3.05) is 13.7 Å². The van der Waals surface area contributed by atoms with Gasteiger partial charge in [0.05, 0.1) is 19.1 Å². The van der Waals surface area contributed by atoms with Gasteiger partial charge in [0.2, 0.25) is 0 Å². The van der Waals surface area contributed by atoms with Crippen LogP contribution in [-0.2, 0) is 11.8 Å². The topological polar surface area (TPSA) is 66.8 Å². The number of benzene rings is 1. The minimum absolute atomic E-state index is 0.0574. The van der Waals surface area contributed by atoms with E-state index in [1.54, 1.807) is 37.8 Å². The van der Waals surface area contributed by atoms with Crippen LogP contribution in [0.3, 0.4) is 0 Å². The second kappa shape index (κ2) is 7.31. The number of esters is 1. The molecule has 0 radical (unpaired) electrons. The maximum atomic E-state index is 12.9. The summed E-state index contributed by atoms with van der Waals surface area (Å²) >= 11 is 0. The number of carbonyl (C=O) groups excluding carboxylic acids is 1. The monoisotopic (exact) mass is 369 g/mol. The van der Waals surface area contributed by atoms with Crippen LogP contribution in [0, 0.1) is 6.92 Å². The summed E-state index contributed by atoms with van der Waals surface area (Å²) in [7, 11) is 3.26. The van der Waals surface area contributed by atoms with Crippen molar-refractivity contribution in [3.63, 3.8) is 0 Å². The first-order valence-corrected chi connectivity index (χ1v) is 8.68. The van der Waals surface area contributed by atoms with Crippen LogP contribution < -0.4 is 19.8 Å². The van der Waals surface area contributed by atoms with E-state index in [1.165, 1.54) is 0 Å². The summed E-state index contributed by atoms with van der Waals surface area (Å²) in [6.07, 6.45) is 0.0574. The lowest BCUT2D eigenvalue weighted by Gasteiger charge is -2.27. The smallest absolute Gasteiger partial charge is 0.312 e. The molecule has 0 spiro atoms. The molecule has 6 nitrogen and oxygen atoms in total. The van der Waals surface area contributed by atoms with E-state index in [-0.39, 0.29) is 17.9 Å². The van der Waals surface area contributed by atoms with Gasteiger partial charge in [0.15, 0.2) is 11.5 Å². The molecule has 0 N–H and O–H groups in total. The molecule has 0 bridgehead atoms. The van der Waals surface area contributed by atoms with Crippen molar-refractivity contribution in [2.24, 2.45) is 7.05 Å². The number of pyridine rings is 1. The van der Waals surface area contributed by atoms with Crippen molar-refractivity contribution in [2.45, 2.75) is 26.2 Å². The highest BCUT2D eigenvalue weighted by atomic mass is 16.5. The van der Waals surface area contributed by atoms with E-state index >= 15 is 0 Å². The Morgan fingerprint density at radius 1 is 1.37 bits per heavy atom. The van der Waals surface area contributed by atoms with Gasteiger partial charge in [0, 0.05) is 30.3 Å². The number of fused-ring (bicyclic) bond motifs is 1. The molecule has 27 heavy (non-hydrogen) atoms. The predicted molar refractivity (Wildman–Crippen MR) is 102 cm³/mol. The number of rotatable bonds is 5. The van der Waals surface area contributed by atoms with Crippen LogP contribution in [0.2, 0.25) is 0 Å². The molecule has 1 unspecified atom stereocenters. The Balaban J connectivity index is 2.21. The Bertz CT molecular complexity index is 973. The number of hydrogen-bond donors (Lipinski definition) is 0. The molecule has 0 saturated heterocycles. The lowest BCUT2D eigenvalue weighted by Crippen LogP contribution is -2.32. The number of methoxy groups -OCH3 is 1. The molecule has 0 fully saturated rings. The number of para-hydroxylation sites is 1. The average molecular weight is 369 g/mol. The van der Waals surface area contributed by atoms with Crippen LogP contribution in [0.15, 0.2) is 41.2 Å². The van der Waals surface area contributed by atoms with Crippen molar-refractivity contribution < 1.29 is 19.0 Å². The minimum Gasteiger partial charge on any atom is -0.493 e. The number of nitrogens with zero attached hydrogens (tertiary/aromatic N) is 1. The summed E-state index contributed by atoms with van der Waals surface area (Å²) < 4.78 is 18.3. The minimum atomic E-state index is -0.476. The van der Waals surface area contributed by atoms with E-state index in [0.717, 1.165) is 16.8 Å². The van der Waals surface area contributed by atoms with Gasteiger partial charge in [-0.1, -0.05) is 18.7 Å². The van der Waals surface area contributed by atoms with Gasteiger partial charge in [-0.3, -0.25) is 9.59 Å². The number of hydrogen-bond acceptors (Lipinski definition) is 5. The van der Waals surface area contributed by atoms with Crippen molar-refractivity contribution in [3.05, 3.63) is 63.6 Å². The van der Waals surface area contributed by atoms with E-state index in [9.17, 15) is 9.59 Å². The Morgan fingerprint density at radius 2 is 2.11 bits per heavy atom. The SMILES string of the molecule is C=C(C)COc1c(OC)cccc1C1CC(=O)Oc2cc(C)n(C)c(=O)c21. The fourth-order valence-corrected chi connectivity index (χ4v) is 3.23. The summed E-state index contributed by atoms with van der Waals surface area (Å²) in [6.45, 7) is 7.83. The maximum absolute atomic E-state index is 12.9. The Labute approximate surface area is 158 Å². The normalized spacial score (nSPS) is 15.7. The molecule has 6 heteroatoms. The highest BCUT2D eigenvalue weighted by Gasteiger charge is 2.34. The zero-order valence-corrected chi connectivity index (χ0v) is 16.0. The molecule has 0 saturated carbocycles. The number of aromatic nitrogens is 1. The molecular formula is C21H23NO5. The van der Waals surface area contributed by atoms with Crippen LogP contribution in [0.25, 0.3) is 0 Å². The quantitative estimate of drug-likeness (QED) is 0.598. The Morgan fingerprint density at radius 3 is 2.78 bits per heavy atom. The third kappa shape index (κ3) is 3.47. The third-order valence-electron chi connectivity index (χ3n) is 4.68. The van der Waals surface area contributed by atoms with Crippen LogP contribution in [0.1, 0.15) is 36.1 Å². The third-order valence-corrected chi connectivity index (χ3v) is 4.68. The first-order valence-electron chi connectivity index (χ1n) is 8.68. The molecule has 0 amide bonds. The molecule has 3 rings (SSSR count). The van der Waals surface area contributed by atoms with Gasteiger partial charge in [-0.15, -0.1) is 0 Å². The molecule has 1 aromatic heterocycles. The molecule has 1 aliphatic rings. The van der Waals surface area contributed by atoms with Crippen LogP contribution in [-0.4, -0.2) is 24.3 Å². The van der Waals surface area contributed by atoms with Crippen LogP contribution in [0.5, 0.6) is 17.2 Å². The number of ether oxygens (including phenoxy) is 3. The van der Waals surface area contributed by atoms with E-state index in [0.29, 0.717) is 29.4 Å². The Kier molecular flexibility index (Phi) is 5.08. The van der Waals surface area contributed by atoms with Crippen molar-refractivity contribution in [1.82, 2.24) is 4.57 Å². The van der Waals surface area contributed by atoms with Crippen molar-refractivity contribution in [1.29, 1.82) is 0 Å². The average Bonchev–Trinajstić information content (AvgIpc) is 2.63. The fourth-order valence-electron chi connectivity index (χ4n) is 3.23. The predicted octanol–water partition coefficient (Wildman–Crippen LogP) is 3.10. The van der Waals surface area contributed by atoms with Gasteiger partial charge < -0.3 is 18.8 Å². The first kappa shape index (κ1) is 18.8. The summed E-state index contributed by atoms with van der Waals surface area (Å²) in [5.41, 5.74) is 2.56. The van der Waals surface area contributed by atoms with E-state index < -0.39 is 5.92 Å². The zero-order chi connectivity index (χ0) is 19.7. The summed E-state index contributed by atoms with van der Waals surface area (Å²) in [5, 5.41) is 0. The van der Waals surface area contributed by atoms with Gasteiger partial charge in [0.1, 0.15) is 12.4 Å². The number of aryl methyl sites for hydroxylation is 1. The lowest BCUT2D eigenvalue weighted by molar-refractivity contribution is -0.135. The largest absolute Gasteiger partial charge is 0.493 e. The van der Waals surface area contributed by atoms with Crippen LogP contribution >= 0.6 is 0 Å². The van der Waals surface area contributed by atoms with Gasteiger partial charge in [-0.05, 0) is 25.5 Å². The van der Waals surface area contributed by atoms with E-state index in [2.05, 4.69) is 6.58 Å². The Hall–Kier alpha value is -3.02. The molecule has 1 aliphatic heterocycles. The molecule has 142 valence electrons. The zero-order valence-electron chi connectivity index (χ0n) is 16.0. The molecule has 2 aromatic rings. The summed E-state index contributed by atoms with van der Waals surface area (Å²) in [4.78, 5) is 25.2. The fraction of sp³-hybridized carbons (Fsp3) is 0.333. The van der Waals surface area contributed by atoms with Crippen molar-refractivity contribution in [3.8, 4) is 17.2 Å². The molecule has 1 atom stereocenters. The highest BCUT2D eigenvalue weighted by molar-refractivity contribution is 5.78. The highest BCUT2D eigenvalue weighted by Crippen LogP contribution is 2.43. The van der Waals surface area contributed by atoms with Gasteiger partial charge >= 0.3 is 5.97 Å². The molecule has 1 aromatic carbocycles. The van der Waals surface area contributed by atoms with Gasteiger partial charge in [-0.2, -0.15) is 0 Å². The summed E-state index contributed by atoms with van der Waals surface area (Å²) in [6, 6.07) is 7.17. The van der Waals surface area contributed by atoms with Gasteiger partial charge in [-0.25, -0.2) is 0 Å². The lowest BCUT2D eigenvalue weighted by atomic mass is 9.86. The van der Waals surface area contributed by atoms with Crippen LogP contribution in [0.4, 0.5) is 0 Å². The second-order valence-corrected chi connectivity index (χ2v) is 6.78. The molecular weight excluding hydrogens is 346 g/mol. The van der Waals surface area contributed by atoms with Gasteiger partial charge in [0.25, 0.3) is 5.56 Å². The standard InChI is InChI=1S/C21H23NO5/c1-12(2)11-26-20-14(7-6-8-16(20)25-5)15-10-18(23)27-17-9-13(3)22(4)21(24)19(15)17/h6-9,15H,1,10-11H2,2-5H3. The molecule has 2 heterocycles. The maximum Gasteiger partial charge on any atom is 0.312 e. The van der Waals surface area contributed by atoms with E-state index in [4.69, 9.17) is 14.2 Å². The van der Waals surface area contributed by atoms with Crippen molar-refractivity contribution >= 4 is 5.97 Å². The summed E-state index contributed by atoms with van der Waals surface area (Å²) in [5.74, 6) is 0.504. The first-order chi connectivity index (χ1) is 12.8. The van der Waals surface area contributed by atoms with E-state index in [1.807, 2.05) is 19.1 Å². The number of carbonyl (C=O) groups is 1.